The van der Waals surface area contributed by atoms with Crippen LogP contribution in [0, 0.1) is 6.92 Å². The highest BCUT2D eigenvalue weighted by molar-refractivity contribution is 5.77. The Hall–Kier alpha value is -2.54. The Balaban J connectivity index is 1.75. The van der Waals surface area contributed by atoms with Crippen molar-refractivity contribution in [2.24, 2.45) is 0 Å². The van der Waals surface area contributed by atoms with Crippen molar-refractivity contribution in [2.45, 2.75) is 13.0 Å². The Morgan fingerprint density at radius 2 is 1.71 bits per heavy atom. The zero-order valence-electron chi connectivity index (χ0n) is 12.0. The Bertz CT molecular complexity index is 780. The van der Waals surface area contributed by atoms with Crippen LogP contribution in [0.25, 0.3) is 11.6 Å². The fourth-order valence-corrected chi connectivity index (χ4v) is 3.13. The second kappa shape index (κ2) is 4.78. The highest BCUT2D eigenvalue weighted by Crippen LogP contribution is 2.36. The zero-order chi connectivity index (χ0) is 14.2. The Morgan fingerprint density at radius 3 is 2.62 bits per heavy atom. The van der Waals surface area contributed by atoms with E-state index in [1.807, 2.05) is 0 Å². The molecule has 0 aromatic heterocycles. The molecule has 1 unspecified atom stereocenters. The SMILES string of the molecule is Cc1ccccc1C1=CN2C=Cc3ccccc3C2C=C1. The van der Waals surface area contributed by atoms with E-state index < -0.39 is 0 Å². The van der Waals surface area contributed by atoms with Crippen LogP contribution in [0.1, 0.15) is 28.3 Å². The van der Waals surface area contributed by atoms with Gasteiger partial charge in [-0.25, -0.2) is 0 Å². The summed E-state index contributed by atoms with van der Waals surface area (Å²) in [6.07, 6.45) is 11.2. The molecule has 2 heterocycles. The minimum absolute atomic E-state index is 0.318. The van der Waals surface area contributed by atoms with E-state index in [2.05, 4.69) is 91.0 Å². The third kappa shape index (κ3) is 2.02. The van der Waals surface area contributed by atoms with Crippen molar-refractivity contribution < 1.29 is 0 Å². The molecule has 2 aromatic rings. The summed E-state index contributed by atoms with van der Waals surface area (Å²) in [4.78, 5) is 2.30. The van der Waals surface area contributed by atoms with Crippen LogP contribution in [0.4, 0.5) is 0 Å². The maximum absolute atomic E-state index is 2.30. The maximum Gasteiger partial charge on any atom is 0.0773 e. The summed E-state index contributed by atoms with van der Waals surface area (Å²) in [5.74, 6) is 0. The van der Waals surface area contributed by atoms with E-state index in [-0.39, 0.29) is 0 Å². The van der Waals surface area contributed by atoms with Gasteiger partial charge in [-0.1, -0.05) is 60.7 Å². The lowest BCUT2D eigenvalue weighted by atomic mass is 9.91. The normalized spacial score (nSPS) is 19.0. The highest BCUT2D eigenvalue weighted by Gasteiger charge is 2.22. The number of aryl methyl sites for hydroxylation is 1. The molecule has 4 rings (SSSR count). The molecule has 1 atom stereocenters. The molecule has 0 bridgehead atoms. The fourth-order valence-electron chi connectivity index (χ4n) is 3.13. The van der Waals surface area contributed by atoms with Gasteiger partial charge in [-0.05, 0) is 40.8 Å². The van der Waals surface area contributed by atoms with Gasteiger partial charge in [0.05, 0.1) is 6.04 Å². The Kier molecular flexibility index (Phi) is 2.78. The lowest BCUT2D eigenvalue weighted by Crippen LogP contribution is -2.22. The molecule has 102 valence electrons. The number of nitrogens with zero attached hydrogens (tertiary/aromatic N) is 1. The second-order valence-electron chi connectivity index (χ2n) is 5.60. The predicted molar refractivity (Wildman–Crippen MR) is 88.4 cm³/mol. The number of rotatable bonds is 1. The molecular formula is C20H17N. The summed E-state index contributed by atoms with van der Waals surface area (Å²) in [5, 5.41) is 0. The lowest BCUT2D eigenvalue weighted by molar-refractivity contribution is 0.432. The smallest absolute Gasteiger partial charge is 0.0773 e. The third-order valence-corrected chi connectivity index (χ3v) is 4.26. The number of hydrogen-bond acceptors (Lipinski definition) is 1. The van der Waals surface area contributed by atoms with E-state index in [0.717, 1.165) is 0 Å². The molecule has 2 aliphatic heterocycles. The first-order valence-corrected chi connectivity index (χ1v) is 7.33. The summed E-state index contributed by atoms with van der Waals surface area (Å²) >= 11 is 0. The van der Waals surface area contributed by atoms with E-state index in [0.29, 0.717) is 6.04 Å². The van der Waals surface area contributed by atoms with E-state index in [1.165, 1.54) is 27.8 Å². The van der Waals surface area contributed by atoms with E-state index >= 15 is 0 Å². The third-order valence-electron chi connectivity index (χ3n) is 4.26. The van der Waals surface area contributed by atoms with Gasteiger partial charge in [0.2, 0.25) is 0 Å². The van der Waals surface area contributed by atoms with Crippen LogP contribution in [0.15, 0.2) is 73.1 Å². The molecule has 0 aliphatic carbocycles. The lowest BCUT2D eigenvalue weighted by Gasteiger charge is -2.33. The predicted octanol–water partition coefficient (Wildman–Crippen LogP) is 4.93. The first-order valence-electron chi connectivity index (χ1n) is 7.33. The Morgan fingerprint density at radius 1 is 0.905 bits per heavy atom. The standard InChI is InChI=1S/C20H17N/c1-15-6-2-4-8-18(15)17-10-11-20-19-9-5-3-7-16(19)12-13-21(20)14-17/h2-14,20H,1H3. The van der Waals surface area contributed by atoms with Gasteiger partial charge in [-0.2, -0.15) is 0 Å². The van der Waals surface area contributed by atoms with Crippen molar-refractivity contribution in [1.29, 1.82) is 0 Å². The van der Waals surface area contributed by atoms with E-state index in [9.17, 15) is 0 Å². The minimum atomic E-state index is 0.318. The molecule has 0 spiro atoms. The van der Waals surface area contributed by atoms with E-state index in [4.69, 9.17) is 0 Å². The molecular weight excluding hydrogens is 254 g/mol. The van der Waals surface area contributed by atoms with Crippen LogP contribution in [0.3, 0.4) is 0 Å². The van der Waals surface area contributed by atoms with Gasteiger partial charge >= 0.3 is 0 Å². The van der Waals surface area contributed by atoms with Gasteiger partial charge in [0.25, 0.3) is 0 Å². The molecule has 1 heteroatoms. The van der Waals surface area contributed by atoms with Crippen LogP contribution in [-0.2, 0) is 0 Å². The van der Waals surface area contributed by atoms with Gasteiger partial charge in [0.1, 0.15) is 0 Å². The molecule has 1 nitrogen and oxygen atoms in total. The number of hydrogen-bond donors (Lipinski definition) is 0. The molecule has 0 amide bonds. The number of benzene rings is 2. The first-order chi connectivity index (χ1) is 10.3. The van der Waals surface area contributed by atoms with Crippen LogP contribution >= 0.6 is 0 Å². The summed E-state index contributed by atoms with van der Waals surface area (Å²) in [7, 11) is 0. The fraction of sp³-hybridized carbons (Fsp3) is 0.100. The summed E-state index contributed by atoms with van der Waals surface area (Å²) < 4.78 is 0. The molecule has 0 saturated carbocycles. The van der Waals surface area contributed by atoms with Gasteiger partial charge in [-0.15, -0.1) is 0 Å². The van der Waals surface area contributed by atoms with Crippen molar-refractivity contribution >= 4 is 11.6 Å². The van der Waals surface area contributed by atoms with Gasteiger partial charge in [-0.3, -0.25) is 0 Å². The van der Waals surface area contributed by atoms with Crippen LogP contribution in [-0.4, -0.2) is 4.90 Å². The molecule has 2 aliphatic rings. The maximum atomic E-state index is 2.30. The molecule has 2 aromatic carbocycles. The molecule has 0 saturated heterocycles. The van der Waals surface area contributed by atoms with Crippen molar-refractivity contribution in [3.8, 4) is 0 Å². The minimum Gasteiger partial charge on any atom is -0.343 e. The van der Waals surface area contributed by atoms with Gasteiger partial charge < -0.3 is 4.90 Å². The zero-order valence-corrected chi connectivity index (χ0v) is 12.0. The second-order valence-corrected chi connectivity index (χ2v) is 5.60. The van der Waals surface area contributed by atoms with Crippen molar-refractivity contribution in [3.05, 3.63) is 95.3 Å². The molecule has 0 radical (unpaired) electrons. The topological polar surface area (TPSA) is 3.24 Å². The largest absolute Gasteiger partial charge is 0.343 e. The summed E-state index contributed by atoms with van der Waals surface area (Å²) in [5.41, 5.74) is 6.58. The average Bonchev–Trinajstić information content (AvgIpc) is 2.54. The van der Waals surface area contributed by atoms with Gasteiger partial charge in [0.15, 0.2) is 0 Å². The van der Waals surface area contributed by atoms with Crippen LogP contribution < -0.4 is 0 Å². The molecule has 21 heavy (non-hydrogen) atoms. The van der Waals surface area contributed by atoms with Crippen LogP contribution in [0.2, 0.25) is 0 Å². The monoisotopic (exact) mass is 271 g/mol. The molecule has 0 N–H and O–H groups in total. The van der Waals surface area contributed by atoms with E-state index in [1.54, 1.807) is 0 Å². The summed E-state index contributed by atoms with van der Waals surface area (Å²) in [6.45, 7) is 2.16. The summed E-state index contributed by atoms with van der Waals surface area (Å²) in [6, 6.07) is 17.5. The Labute approximate surface area is 125 Å². The molecule has 0 fully saturated rings. The van der Waals surface area contributed by atoms with Crippen molar-refractivity contribution in [3.63, 3.8) is 0 Å². The number of allylic oxidation sites excluding steroid dienone is 2. The van der Waals surface area contributed by atoms with Gasteiger partial charge in [0, 0.05) is 12.4 Å². The quantitative estimate of drug-likeness (QED) is 0.710. The average molecular weight is 271 g/mol. The highest BCUT2D eigenvalue weighted by atomic mass is 15.1. The van der Waals surface area contributed by atoms with Crippen molar-refractivity contribution in [1.82, 2.24) is 4.90 Å². The van der Waals surface area contributed by atoms with Crippen molar-refractivity contribution in [2.75, 3.05) is 0 Å². The first kappa shape index (κ1) is 12.2. The van der Waals surface area contributed by atoms with Crippen LogP contribution in [0.5, 0.6) is 0 Å². The number of fused-ring (bicyclic) bond motifs is 3.